The Morgan fingerprint density at radius 1 is 1.43 bits per heavy atom. The van der Waals surface area contributed by atoms with Crippen molar-refractivity contribution in [3.8, 4) is 0 Å². The molecule has 0 atom stereocenters. The lowest BCUT2D eigenvalue weighted by Gasteiger charge is -2.03. The van der Waals surface area contributed by atoms with Crippen molar-refractivity contribution in [2.24, 2.45) is 7.05 Å². The predicted molar refractivity (Wildman–Crippen MR) is 57.6 cm³/mol. The van der Waals surface area contributed by atoms with Crippen molar-refractivity contribution in [2.45, 2.75) is 19.8 Å². The third kappa shape index (κ3) is 1.38. The largest absolute Gasteiger partial charge is 0.330 e. The van der Waals surface area contributed by atoms with Gasteiger partial charge in [-0.05, 0) is 0 Å². The summed E-state index contributed by atoms with van der Waals surface area (Å²) < 4.78 is 2.06. The SMILES string of the molecule is CC(C)c1nc2cc(Cl)ncc2n1C. The highest BCUT2D eigenvalue weighted by Crippen LogP contribution is 2.21. The zero-order valence-corrected chi connectivity index (χ0v) is 9.21. The molecule has 0 aliphatic carbocycles. The van der Waals surface area contributed by atoms with Gasteiger partial charge < -0.3 is 4.57 Å². The van der Waals surface area contributed by atoms with Crippen LogP contribution in [-0.4, -0.2) is 14.5 Å². The average molecular weight is 210 g/mol. The van der Waals surface area contributed by atoms with Crippen LogP contribution in [0.2, 0.25) is 5.15 Å². The Morgan fingerprint density at radius 2 is 2.14 bits per heavy atom. The van der Waals surface area contributed by atoms with Gasteiger partial charge in [-0.2, -0.15) is 0 Å². The summed E-state index contributed by atoms with van der Waals surface area (Å²) in [4.78, 5) is 8.56. The fourth-order valence-electron chi connectivity index (χ4n) is 1.60. The fourth-order valence-corrected chi connectivity index (χ4v) is 1.75. The first kappa shape index (κ1) is 9.46. The van der Waals surface area contributed by atoms with Gasteiger partial charge in [0.2, 0.25) is 0 Å². The van der Waals surface area contributed by atoms with Gasteiger partial charge in [-0.15, -0.1) is 0 Å². The number of aryl methyl sites for hydroxylation is 1. The molecule has 74 valence electrons. The molecule has 0 spiro atoms. The number of hydrogen-bond acceptors (Lipinski definition) is 2. The van der Waals surface area contributed by atoms with Crippen LogP contribution in [0.15, 0.2) is 12.3 Å². The van der Waals surface area contributed by atoms with Crippen LogP contribution in [-0.2, 0) is 7.05 Å². The topological polar surface area (TPSA) is 30.7 Å². The molecule has 4 heteroatoms. The highest BCUT2D eigenvalue weighted by molar-refractivity contribution is 6.29. The highest BCUT2D eigenvalue weighted by atomic mass is 35.5. The molecular formula is C10H12ClN3. The van der Waals surface area contributed by atoms with Gasteiger partial charge in [0.15, 0.2) is 0 Å². The number of aromatic nitrogens is 3. The number of nitrogens with zero attached hydrogens (tertiary/aromatic N) is 3. The second kappa shape index (κ2) is 3.24. The molecule has 0 radical (unpaired) electrons. The van der Waals surface area contributed by atoms with E-state index in [4.69, 9.17) is 11.6 Å². The van der Waals surface area contributed by atoms with E-state index in [0.717, 1.165) is 16.9 Å². The van der Waals surface area contributed by atoms with Gasteiger partial charge in [0.05, 0.1) is 17.2 Å². The fraction of sp³-hybridized carbons (Fsp3) is 0.400. The van der Waals surface area contributed by atoms with Gasteiger partial charge in [0.1, 0.15) is 11.0 Å². The Bertz CT molecular complexity index is 473. The second-order valence-corrected chi connectivity index (χ2v) is 4.07. The lowest BCUT2D eigenvalue weighted by Crippen LogP contribution is -1.99. The van der Waals surface area contributed by atoms with Crippen molar-refractivity contribution in [3.63, 3.8) is 0 Å². The van der Waals surface area contributed by atoms with Crippen LogP contribution in [0.25, 0.3) is 11.0 Å². The minimum Gasteiger partial charge on any atom is -0.330 e. The van der Waals surface area contributed by atoms with E-state index >= 15 is 0 Å². The van der Waals surface area contributed by atoms with E-state index in [0.29, 0.717) is 11.1 Å². The van der Waals surface area contributed by atoms with E-state index in [-0.39, 0.29) is 0 Å². The van der Waals surface area contributed by atoms with Crippen LogP contribution in [0.1, 0.15) is 25.6 Å². The molecule has 14 heavy (non-hydrogen) atoms. The molecule has 0 bridgehead atoms. The Balaban J connectivity index is 2.73. The molecule has 3 nitrogen and oxygen atoms in total. The van der Waals surface area contributed by atoms with E-state index in [2.05, 4.69) is 28.4 Å². The minimum absolute atomic E-state index is 0.408. The number of fused-ring (bicyclic) bond motifs is 1. The molecule has 0 aromatic carbocycles. The maximum Gasteiger partial charge on any atom is 0.131 e. The minimum atomic E-state index is 0.408. The molecule has 0 fully saturated rings. The van der Waals surface area contributed by atoms with Crippen molar-refractivity contribution in [3.05, 3.63) is 23.2 Å². The van der Waals surface area contributed by atoms with E-state index in [1.54, 1.807) is 12.3 Å². The molecule has 2 aromatic heterocycles. The maximum atomic E-state index is 5.80. The summed E-state index contributed by atoms with van der Waals surface area (Å²) in [6, 6.07) is 1.79. The van der Waals surface area contributed by atoms with Crippen LogP contribution in [0, 0.1) is 0 Å². The first-order valence-corrected chi connectivity index (χ1v) is 4.95. The third-order valence-corrected chi connectivity index (χ3v) is 2.49. The summed E-state index contributed by atoms with van der Waals surface area (Å²) in [7, 11) is 2.00. The Hall–Kier alpha value is -1.09. The van der Waals surface area contributed by atoms with Crippen molar-refractivity contribution in [1.29, 1.82) is 0 Å². The summed E-state index contributed by atoms with van der Waals surface area (Å²) in [5.74, 6) is 1.47. The lowest BCUT2D eigenvalue weighted by atomic mass is 10.2. The second-order valence-electron chi connectivity index (χ2n) is 3.68. The number of halogens is 1. The summed E-state index contributed by atoms with van der Waals surface area (Å²) >= 11 is 5.80. The molecule has 0 aliphatic heterocycles. The van der Waals surface area contributed by atoms with E-state index in [1.807, 2.05) is 7.05 Å². The van der Waals surface area contributed by atoms with E-state index in [1.165, 1.54) is 0 Å². The number of imidazole rings is 1. The van der Waals surface area contributed by atoms with Gasteiger partial charge in [-0.25, -0.2) is 9.97 Å². The Morgan fingerprint density at radius 3 is 2.79 bits per heavy atom. The molecule has 2 heterocycles. The quantitative estimate of drug-likeness (QED) is 0.677. The number of rotatable bonds is 1. The predicted octanol–water partition coefficient (Wildman–Crippen LogP) is 2.75. The molecule has 0 unspecified atom stereocenters. The van der Waals surface area contributed by atoms with Gasteiger partial charge in [0.25, 0.3) is 0 Å². The van der Waals surface area contributed by atoms with Crippen LogP contribution in [0.3, 0.4) is 0 Å². The molecule has 2 rings (SSSR count). The molecule has 0 N–H and O–H groups in total. The number of pyridine rings is 1. The van der Waals surface area contributed by atoms with Crippen molar-refractivity contribution >= 4 is 22.6 Å². The Labute approximate surface area is 87.7 Å². The molecule has 0 amide bonds. The van der Waals surface area contributed by atoms with Gasteiger partial charge in [0, 0.05) is 19.0 Å². The molecule has 0 saturated carbocycles. The van der Waals surface area contributed by atoms with E-state index < -0.39 is 0 Å². The summed E-state index contributed by atoms with van der Waals surface area (Å²) in [6.45, 7) is 4.24. The van der Waals surface area contributed by atoms with Crippen molar-refractivity contribution < 1.29 is 0 Å². The van der Waals surface area contributed by atoms with Crippen LogP contribution in [0.4, 0.5) is 0 Å². The van der Waals surface area contributed by atoms with Crippen LogP contribution < -0.4 is 0 Å². The smallest absolute Gasteiger partial charge is 0.131 e. The molecule has 0 aliphatic rings. The summed E-state index contributed by atoms with van der Waals surface area (Å²) in [5.41, 5.74) is 1.94. The molecular weight excluding hydrogens is 198 g/mol. The zero-order valence-electron chi connectivity index (χ0n) is 8.45. The lowest BCUT2D eigenvalue weighted by molar-refractivity contribution is 0.722. The summed E-state index contributed by atoms with van der Waals surface area (Å²) in [5, 5.41) is 0.492. The molecule has 0 saturated heterocycles. The van der Waals surface area contributed by atoms with Crippen LogP contribution >= 0.6 is 11.6 Å². The monoisotopic (exact) mass is 209 g/mol. The normalized spacial score (nSPS) is 11.5. The van der Waals surface area contributed by atoms with Gasteiger partial charge >= 0.3 is 0 Å². The zero-order chi connectivity index (χ0) is 10.3. The van der Waals surface area contributed by atoms with E-state index in [9.17, 15) is 0 Å². The first-order chi connectivity index (χ1) is 6.59. The molecule has 2 aromatic rings. The first-order valence-electron chi connectivity index (χ1n) is 4.57. The summed E-state index contributed by atoms with van der Waals surface area (Å²) in [6.07, 6.45) is 1.76. The van der Waals surface area contributed by atoms with Crippen molar-refractivity contribution in [2.75, 3.05) is 0 Å². The van der Waals surface area contributed by atoms with Gasteiger partial charge in [-0.1, -0.05) is 25.4 Å². The standard InChI is InChI=1S/C10H12ClN3/c1-6(2)10-13-7-4-9(11)12-5-8(7)14(10)3/h4-6H,1-3H3. The Kier molecular flexibility index (Phi) is 2.19. The van der Waals surface area contributed by atoms with Gasteiger partial charge in [-0.3, -0.25) is 0 Å². The highest BCUT2D eigenvalue weighted by Gasteiger charge is 2.10. The van der Waals surface area contributed by atoms with Crippen LogP contribution in [0.5, 0.6) is 0 Å². The van der Waals surface area contributed by atoms with Crippen molar-refractivity contribution in [1.82, 2.24) is 14.5 Å². The average Bonchev–Trinajstić information content (AvgIpc) is 2.43. The number of hydrogen-bond donors (Lipinski definition) is 0. The third-order valence-electron chi connectivity index (χ3n) is 2.28. The maximum absolute atomic E-state index is 5.80.